The average molecular weight is 574 g/mol. The van der Waals surface area contributed by atoms with Gasteiger partial charge >= 0.3 is 18.3 Å². The van der Waals surface area contributed by atoms with Crippen molar-refractivity contribution in [2.75, 3.05) is 26.2 Å². The predicted octanol–water partition coefficient (Wildman–Crippen LogP) is 7.13. The van der Waals surface area contributed by atoms with Gasteiger partial charge in [-0.25, -0.2) is 0 Å². The molecule has 2 aliphatic heterocycles. The van der Waals surface area contributed by atoms with E-state index in [0.717, 1.165) is 18.5 Å². The number of halogens is 6. The van der Waals surface area contributed by atoms with E-state index in [-0.39, 0.29) is 30.1 Å². The largest absolute Gasteiger partial charge is 0.481 e. The Hall–Kier alpha value is -2.63. The summed E-state index contributed by atoms with van der Waals surface area (Å²) in [6, 6.07) is 10.7. The van der Waals surface area contributed by atoms with Gasteiger partial charge in [0.05, 0.1) is 29.3 Å². The summed E-state index contributed by atoms with van der Waals surface area (Å²) in [6.45, 7) is 5.10. The molecule has 2 heterocycles. The minimum Gasteiger partial charge on any atom is -0.481 e. The molecule has 2 aromatic carbocycles. The molecule has 0 amide bonds. The Bertz CT molecular complexity index is 1140. The van der Waals surface area contributed by atoms with Crippen molar-refractivity contribution in [3.63, 3.8) is 0 Å². The molecule has 2 aromatic rings. The van der Waals surface area contributed by atoms with Gasteiger partial charge in [-0.05, 0) is 74.9 Å². The number of nitrogens with zero attached hydrogens (tertiary/aromatic N) is 1. The molecule has 1 N–H and O–H groups in total. The number of hydrogen-bond acceptors (Lipinski definition) is 4. The number of piperidine rings is 1. The van der Waals surface area contributed by atoms with Crippen LogP contribution in [0.3, 0.4) is 0 Å². The van der Waals surface area contributed by atoms with Crippen LogP contribution in [-0.2, 0) is 26.6 Å². The van der Waals surface area contributed by atoms with E-state index in [1.165, 1.54) is 6.92 Å². The minimum atomic E-state index is -4.96. The van der Waals surface area contributed by atoms with E-state index >= 15 is 0 Å². The summed E-state index contributed by atoms with van der Waals surface area (Å²) < 4.78 is 92.7. The smallest absolute Gasteiger partial charge is 0.416 e. The Morgan fingerprint density at radius 1 is 1.10 bits per heavy atom. The van der Waals surface area contributed by atoms with E-state index in [2.05, 4.69) is 4.90 Å². The summed E-state index contributed by atoms with van der Waals surface area (Å²) in [5.74, 6) is -1.27. The van der Waals surface area contributed by atoms with Crippen molar-refractivity contribution in [2.24, 2.45) is 11.3 Å². The molecule has 0 saturated carbocycles. The van der Waals surface area contributed by atoms with Crippen LogP contribution in [-0.4, -0.2) is 48.5 Å². The monoisotopic (exact) mass is 573 g/mol. The highest BCUT2D eigenvalue weighted by atomic mass is 19.4. The van der Waals surface area contributed by atoms with Crippen molar-refractivity contribution in [1.82, 2.24) is 4.90 Å². The molecule has 2 fully saturated rings. The van der Waals surface area contributed by atoms with Crippen molar-refractivity contribution in [3.05, 3.63) is 70.8 Å². The number of benzene rings is 2. The Balaban J connectivity index is 1.61. The van der Waals surface area contributed by atoms with Gasteiger partial charge in [0, 0.05) is 19.0 Å². The molecule has 40 heavy (non-hydrogen) atoms. The molecule has 0 aromatic heterocycles. The summed E-state index contributed by atoms with van der Waals surface area (Å²) in [7, 11) is 0. The lowest BCUT2D eigenvalue weighted by Gasteiger charge is -2.44. The number of carboxylic acid groups (broad SMARTS) is 1. The zero-order chi connectivity index (χ0) is 29.3. The van der Waals surface area contributed by atoms with Crippen molar-refractivity contribution in [1.29, 1.82) is 0 Å². The van der Waals surface area contributed by atoms with Crippen molar-refractivity contribution in [3.8, 4) is 0 Å². The molecule has 5 atom stereocenters. The maximum Gasteiger partial charge on any atom is 0.416 e. The van der Waals surface area contributed by atoms with Crippen LogP contribution in [0.25, 0.3) is 0 Å². The first-order valence-corrected chi connectivity index (χ1v) is 13.2. The van der Waals surface area contributed by atoms with Gasteiger partial charge in [-0.15, -0.1) is 0 Å². The van der Waals surface area contributed by atoms with Gasteiger partial charge in [0.25, 0.3) is 0 Å². The van der Waals surface area contributed by atoms with Crippen molar-refractivity contribution < 1.29 is 45.7 Å². The maximum atomic E-state index is 13.4. The Morgan fingerprint density at radius 2 is 1.73 bits per heavy atom. The molecule has 0 spiro atoms. The molecule has 5 unspecified atom stereocenters. The summed E-state index contributed by atoms with van der Waals surface area (Å²) in [6.07, 6.45) is -10.1. The molecule has 4 rings (SSSR count). The van der Waals surface area contributed by atoms with Gasteiger partial charge < -0.3 is 19.5 Å². The highest BCUT2D eigenvalue weighted by molar-refractivity contribution is 5.74. The first-order valence-electron chi connectivity index (χ1n) is 13.2. The number of hydrogen-bond donors (Lipinski definition) is 1. The third kappa shape index (κ3) is 6.98. The molecule has 5 nitrogen and oxygen atoms in total. The third-order valence-electron chi connectivity index (χ3n) is 7.96. The van der Waals surface area contributed by atoms with Crippen molar-refractivity contribution in [2.45, 2.75) is 63.8 Å². The molecule has 0 bridgehead atoms. The topological polar surface area (TPSA) is 59.0 Å². The molecule has 2 aliphatic rings. The molecule has 2 saturated heterocycles. The Kier molecular flexibility index (Phi) is 8.87. The number of alkyl halides is 6. The molecular weight excluding hydrogens is 540 g/mol. The number of rotatable bonds is 7. The summed E-state index contributed by atoms with van der Waals surface area (Å²) >= 11 is 0. The Morgan fingerprint density at radius 3 is 2.30 bits per heavy atom. The van der Waals surface area contributed by atoms with Crippen LogP contribution in [0.5, 0.6) is 0 Å². The number of carbonyl (C=O) groups is 1. The van der Waals surface area contributed by atoms with E-state index in [1.54, 1.807) is 6.92 Å². The van der Waals surface area contributed by atoms with Gasteiger partial charge in [-0.2, -0.15) is 26.3 Å². The number of ether oxygens (including phenoxy) is 2. The van der Waals surface area contributed by atoms with Gasteiger partial charge in [-0.3, -0.25) is 4.79 Å². The standard InChI is InChI=1S/C29H33F6NO4/c1-18(21-13-22(28(30,31)32)15-23(14-21)29(33,34)35)40-25-24(19-7-4-3-5-8-19)20(9-12-39-25)16-36-11-6-10-27(2,17-36)26(37)38/h3-5,7-8,13-15,18,20,24-25H,6,9-12,16-17H2,1-2H3,(H,37,38). The van der Waals surface area contributed by atoms with E-state index in [9.17, 15) is 36.2 Å². The van der Waals surface area contributed by atoms with Crippen molar-refractivity contribution >= 4 is 5.97 Å². The first kappa shape index (κ1) is 30.3. The van der Waals surface area contributed by atoms with Crippen LogP contribution < -0.4 is 0 Å². The van der Waals surface area contributed by atoms with E-state index in [1.807, 2.05) is 30.3 Å². The van der Waals surface area contributed by atoms with Crippen LogP contribution in [0.1, 0.15) is 67.4 Å². The normalized spacial score (nSPS) is 27.4. The minimum absolute atomic E-state index is 0.0447. The second kappa shape index (κ2) is 11.7. The SMILES string of the molecule is CC(OC1OCCC(CN2CCCC(C)(C(=O)O)C2)C1c1ccccc1)c1cc(C(F)(F)F)cc(C(F)(F)F)c1. The van der Waals surface area contributed by atoms with Gasteiger partial charge in [0.1, 0.15) is 0 Å². The fourth-order valence-corrected chi connectivity index (χ4v) is 5.77. The quantitative estimate of drug-likeness (QED) is 0.357. The molecular formula is C29H33F6NO4. The summed E-state index contributed by atoms with van der Waals surface area (Å²) in [5.41, 5.74) is -3.06. The zero-order valence-corrected chi connectivity index (χ0v) is 22.3. The highest BCUT2D eigenvalue weighted by Gasteiger charge is 2.43. The predicted molar refractivity (Wildman–Crippen MR) is 134 cm³/mol. The summed E-state index contributed by atoms with van der Waals surface area (Å²) in [4.78, 5) is 14.0. The van der Waals surface area contributed by atoms with E-state index < -0.39 is 47.3 Å². The molecule has 0 radical (unpaired) electrons. The summed E-state index contributed by atoms with van der Waals surface area (Å²) in [5, 5.41) is 9.73. The van der Waals surface area contributed by atoms with Gasteiger partial charge in [0.15, 0.2) is 6.29 Å². The van der Waals surface area contributed by atoms with Crippen LogP contribution in [0, 0.1) is 11.3 Å². The number of aliphatic carboxylic acids is 1. The fourth-order valence-electron chi connectivity index (χ4n) is 5.77. The lowest BCUT2D eigenvalue weighted by Crippen LogP contribution is -2.49. The lowest BCUT2D eigenvalue weighted by atomic mass is 9.78. The van der Waals surface area contributed by atoms with Crippen LogP contribution in [0.2, 0.25) is 0 Å². The molecule has 0 aliphatic carbocycles. The van der Waals surface area contributed by atoms with E-state index in [0.29, 0.717) is 38.1 Å². The van der Waals surface area contributed by atoms with Gasteiger partial charge in [0.2, 0.25) is 0 Å². The van der Waals surface area contributed by atoms with E-state index in [4.69, 9.17) is 9.47 Å². The first-order chi connectivity index (χ1) is 18.7. The third-order valence-corrected chi connectivity index (χ3v) is 7.96. The highest BCUT2D eigenvalue weighted by Crippen LogP contribution is 2.42. The fraction of sp³-hybridized carbons (Fsp3) is 0.552. The van der Waals surface area contributed by atoms with Gasteiger partial charge in [-0.1, -0.05) is 30.3 Å². The zero-order valence-electron chi connectivity index (χ0n) is 22.3. The second-order valence-corrected chi connectivity index (χ2v) is 11.0. The Labute approximate surface area is 229 Å². The van der Waals surface area contributed by atoms with Crippen LogP contribution in [0.4, 0.5) is 26.3 Å². The average Bonchev–Trinajstić information content (AvgIpc) is 2.88. The number of likely N-dealkylation sites (tertiary alicyclic amines) is 1. The molecule has 220 valence electrons. The molecule has 11 heteroatoms. The lowest BCUT2D eigenvalue weighted by molar-refractivity contribution is -0.211. The number of carboxylic acids is 1. The maximum absolute atomic E-state index is 13.4. The van der Waals surface area contributed by atoms with Crippen LogP contribution >= 0.6 is 0 Å². The second-order valence-electron chi connectivity index (χ2n) is 11.0. The van der Waals surface area contributed by atoms with Crippen LogP contribution in [0.15, 0.2) is 48.5 Å².